The van der Waals surface area contributed by atoms with Crippen LogP contribution in [-0.4, -0.2) is 17.6 Å². The van der Waals surface area contributed by atoms with Gasteiger partial charge < -0.3 is 0 Å². The van der Waals surface area contributed by atoms with E-state index >= 15 is 0 Å². The maximum atomic E-state index is 10.8. The summed E-state index contributed by atoms with van der Waals surface area (Å²) in [6, 6.07) is 8.63. The van der Waals surface area contributed by atoms with E-state index in [4.69, 9.17) is 0 Å². The van der Waals surface area contributed by atoms with Gasteiger partial charge in [0.15, 0.2) is 0 Å². The number of aliphatic imine (C=N–C) groups is 1. The molecule has 3 rings (SSSR count). The van der Waals surface area contributed by atoms with Gasteiger partial charge in [-0.2, -0.15) is 16.8 Å². The van der Waals surface area contributed by atoms with Crippen molar-refractivity contribution >= 4 is 17.8 Å². The maximum Gasteiger partial charge on any atom is 0.235 e. The van der Waals surface area contributed by atoms with Crippen molar-refractivity contribution in [3.63, 3.8) is 0 Å². The first-order valence-electron chi connectivity index (χ1n) is 7.12. The predicted molar refractivity (Wildman–Crippen MR) is 79.4 cm³/mol. The molecular formula is C16H19NOS. The van der Waals surface area contributed by atoms with Gasteiger partial charge in [-0.1, -0.05) is 24.3 Å². The minimum Gasteiger partial charge on any atom is -0.211 e. The topological polar surface area (TPSA) is 29.4 Å². The monoisotopic (exact) mass is 273 g/mol. The molecule has 1 aliphatic heterocycles. The van der Waals surface area contributed by atoms with Crippen molar-refractivity contribution in [3.05, 3.63) is 35.4 Å². The molecule has 2 fully saturated rings. The highest BCUT2D eigenvalue weighted by Gasteiger charge is 2.41. The van der Waals surface area contributed by atoms with Gasteiger partial charge in [-0.3, -0.25) is 0 Å². The summed E-state index contributed by atoms with van der Waals surface area (Å²) in [6.07, 6.45) is 7.48. The van der Waals surface area contributed by atoms with Crippen LogP contribution >= 0.6 is 11.8 Å². The van der Waals surface area contributed by atoms with Crippen molar-refractivity contribution in [2.24, 2.45) is 4.99 Å². The van der Waals surface area contributed by atoms with Gasteiger partial charge in [0.1, 0.15) is 0 Å². The Morgan fingerprint density at radius 3 is 2.58 bits per heavy atom. The molecule has 1 heterocycles. The van der Waals surface area contributed by atoms with Gasteiger partial charge in [-0.15, -0.1) is 0 Å². The summed E-state index contributed by atoms with van der Waals surface area (Å²) in [4.78, 5) is 15.0. The van der Waals surface area contributed by atoms with Gasteiger partial charge in [0.05, 0.1) is 5.54 Å². The smallest absolute Gasteiger partial charge is 0.211 e. The fourth-order valence-corrected chi connectivity index (χ4v) is 4.43. The van der Waals surface area contributed by atoms with Crippen LogP contribution in [0.25, 0.3) is 0 Å². The Balaban J connectivity index is 1.98. The molecule has 0 bridgehead atoms. The van der Waals surface area contributed by atoms with E-state index in [0.29, 0.717) is 5.92 Å². The number of isocyanates is 1. The first kappa shape index (κ1) is 13.0. The Labute approximate surface area is 118 Å². The van der Waals surface area contributed by atoms with E-state index in [1.165, 1.54) is 41.9 Å². The first-order chi connectivity index (χ1) is 9.36. The standard InChI is InChI=1S/C16H19NOS/c18-12-17-16(8-3-9-16)15-5-2-1-4-14(15)13-6-10-19-11-7-13/h1-2,4-5,13H,3,6-11H2. The SMILES string of the molecule is O=C=NC1(c2ccccc2C2CCSCC2)CCC1. The van der Waals surface area contributed by atoms with Crippen LogP contribution in [0.1, 0.15) is 49.1 Å². The van der Waals surface area contributed by atoms with E-state index in [-0.39, 0.29) is 5.54 Å². The molecule has 0 N–H and O–H groups in total. The Morgan fingerprint density at radius 2 is 1.95 bits per heavy atom. The van der Waals surface area contributed by atoms with Gasteiger partial charge in [0.25, 0.3) is 0 Å². The second kappa shape index (κ2) is 5.52. The fraction of sp³-hybridized carbons (Fsp3) is 0.562. The highest BCUT2D eigenvalue weighted by molar-refractivity contribution is 7.99. The minimum absolute atomic E-state index is 0.247. The van der Waals surface area contributed by atoms with Crippen molar-refractivity contribution in [2.75, 3.05) is 11.5 Å². The summed E-state index contributed by atoms with van der Waals surface area (Å²) in [5, 5.41) is 0. The van der Waals surface area contributed by atoms with Crippen LogP contribution in [0, 0.1) is 0 Å². The number of nitrogens with zero attached hydrogens (tertiary/aromatic N) is 1. The molecule has 1 aliphatic carbocycles. The summed E-state index contributed by atoms with van der Waals surface area (Å²) in [7, 11) is 0. The third-order valence-corrected chi connectivity index (χ3v) is 5.61. The summed E-state index contributed by atoms with van der Waals surface area (Å²) >= 11 is 2.05. The molecule has 19 heavy (non-hydrogen) atoms. The van der Waals surface area contributed by atoms with Crippen molar-refractivity contribution in [3.8, 4) is 0 Å². The number of hydrogen-bond donors (Lipinski definition) is 0. The Hall–Kier alpha value is -1.05. The van der Waals surface area contributed by atoms with Crippen LogP contribution < -0.4 is 0 Å². The molecule has 2 nitrogen and oxygen atoms in total. The molecule has 1 aromatic rings. The average molecular weight is 273 g/mol. The van der Waals surface area contributed by atoms with E-state index in [0.717, 1.165) is 12.8 Å². The highest BCUT2D eigenvalue weighted by Crippen LogP contribution is 2.48. The Kier molecular flexibility index (Phi) is 3.76. The maximum absolute atomic E-state index is 10.8. The number of hydrogen-bond acceptors (Lipinski definition) is 3. The molecule has 0 radical (unpaired) electrons. The normalized spacial score (nSPS) is 22.3. The lowest BCUT2D eigenvalue weighted by atomic mass is 9.69. The van der Waals surface area contributed by atoms with Gasteiger partial charge in [-0.25, -0.2) is 4.79 Å². The predicted octanol–water partition coefficient (Wildman–Crippen LogP) is 4.01. The molecule has 0 spiro atoms. The zero-order valence-corrected chi connectivity index (χ0v) is 11.9. The van der Waals surface area contributed by atoms with Crippen molar-refractivity contribution in [1.29, 1.82) is 0 Å². The zero-order chi connectivity index (χ0) is 13.1. The third kappa shape index (κ3) is 2.37. The lowest BCUT2D eigenvalue weighted by Crippen LogP contribution is -2.33. The molecule has 2 aliphatic rings. The van der Waals surface area contributed by atoms with Crippen molar-refractivity contribution in [2.45, 2.75) is 43.6 Å². The Bertz CT molecular complexity index is 497. The number of benzene rings is 1. The molecular weight excluding hydrogens is 254 g/mol. The number of thioether (sulfide) groups is 1. The number of carbonyl (C=O) groups excluding carboxylic acids is 1. The molecule has 1 saturated heterocycles. The lowest BCUT2D eigenvalue weighted by molar-refractivity contribution is 0.253. The van der Waals surface area contributed by atoms with E-state index in [9.17, 15) is 4.79 Å². The van der Waals surface area contributed by atoms with Crippen LogP contribution in [0.15, 0.2) is 29.3 Å². The van der Waals surface area contributed by atoms with Crippen LogP contribution in [0.2, 0.25) is 0 Å². The molecule has 3 heteroatoms. The fourth-order valence-electron chi connectivity index (χ4n) is 3.33. The van der Waals surface area contributed by atoms with Crippen LogP contribution in [0.4, 0.5) is 0 Å². The summed E-state index contributed by atoms with van der Waals surface area (Å²) in [5.41, 5.74) is 2.48. The molecule has 100 valence electrons. The van der Waals surface area contributed by atoms with Gasteiger partial charge in [0, 0.05) is 0 Å². The van der Waals surface area contributed by atoms with Gasteiger partial charge in [-0.05, 0) is 60.7 Å². The molecule has 0 unspecified atom stereocenters. The van der Waals surface area contributed by atoms with E-state index in [1.54, 1.807) is 0 Å². The molecule has 1 aromatic carbocycles. The van der Waals surface area contributed by atoms with Gasteiger partial charge >= 0.3 is 0 Å². The third-order valence-electron chi connectivity index (χ3n) is 4.56. The molecule has 0 aromatic heterocycles. The summed E-state index contributed by atoms with van der Waals surface area (Å²) in [5.74, 6) is 3.16. The van der Waals surface area contributed by atoms with Crippen molar-refractivity contribution < 1.29 is 4.79 Å². The van der Waals surface area contributed by atoms with Crippen molar-refractivity contribution in [1.82, 2.24) is 0 Å². The first-order valence-corrected chi connectivity index (χ1v) is 8.27. The second-order valence-electron chi connectivity index (χ2n) is 5.56. The largest absolute Gasteiger partial charge is 0.235 e. The van der Waals surface area contributed by atoms with Crippen LogP contribution in [-0.2, 0) is 10.3 Å². The van der Waals surface area contributed by atoms with Crippen LogP contribution in [0.5, 0.6) is 0 Å². The van der Waals surface area contributed by atoms with E-state index in [2.05, 4.69) is 41.0 Å². The lowest BCUT2D eigenvalue weighted by Gasteiger charge is -2.40. The summed E-state index contributed by atoms with van der Waals surface area (Å²) < 4.78 is 0. The quantitative estimate of drug-likeness (QED) is 0.615. The zero-order valence-electron chi connectivity index (χ0n) is 11.1. The molecule has 1 saturated carbocycles. The molecule has 0 atom stereocenters. The molecule has 0 amide bonds. The Morgan fingerprint density at radius 1 is 1.21 bits per heavy atom. The highest BCUT2D eigenvalue weighted by atomic mass is 32.2. The number of rotatable bonds is 3. The van der Waals surface area contributed by atoms with E-state index in [1.807, 2.05) is 6.08 Å². The summed E-state index contributed by atoms with van der Waals surface area (Å²) in [6.45, 7) is 0. The second-order valence-corrected chi connectivity index (χ2v) is 6.79. The van der Waals surface area contributed by atoms with Gasteiger partial charge in [0.2, 0.25) is 6.08 Å². The average Bonchev–Trinajstić information content (AvgIpc) is 2.44. The van der Waals surface area contributed by atoms with Crippen LogP contribution in [0.3, 0.4) is 0 Å². The van der Waals surface area contributed by atoms with E-state index < -0.39 is 0 Å². The minimum atomic E-state index is -0.247.